The van der Waals surface area contributed by atoms with Gasteiger partial charge < -0.3 is 20.2 Å². The zero-order chi connectivity index (χ0) is 19.7. The van der Waals surface area contributed by atoms with Crippen LogP contribution in [0.1, 0.15) is 64.8 Å². The number of hydrogen-bond donors (Lipinski definition) is 2. The van der Waals surface area contributed by atoms with Gasteiger partial charge in [-0.3, -0.25) is 9.59 Å². The summed E-state index contributed by atoms with van der Waals surface area (Å²) in [5.41, 5.74) is 2.05. The third-order valence-electron chi connectivity index (χ3n) is 6.97. The molecule has 0 atom stereocenters. The third-order valence-corrected chi connectivity index (χ3v) is 6.97. The molecule has 2 aliphatic heterocycles. The molecule has 1 aliphatic carbocycles. The van der Waals surface area contributed by atoms with E-state index in [9.17, 15) is 14.7 Å². The minimum Gasteiger partial charge on any atom is -0.396 e. The Morgan fingerprint density at radius 3 is 2.46 bits per heavy atom. The molecule has 1 saturated heterocycles. The highest BCUT2D eigenvalue weighted by Gasteiger charge is 2.38. The molecule has 2 amide bonds. The standard InChI is InChI=1S/C22H31N3O3/c1-23-21(27)19-4-2-3-16-13-25(22(28)20(16)19)18-9-11-24(12-10-18)17-7-5-15(14-26)6-8-17/h2-4,15,17-18,26H,5-14H2,1H3,(H,23,27). The summed E-state index contributed by atoms with van der Waals surface area (Å²) < 4.78 is 0. The number of aliphatic hydroxyl groups excluding tert-OH is 1. The molecule has 2 N–H and O–H groups in total. The summed E-state index contributed by atoms with van der Waals surface area (Å²) in [5, 5.41) is 12.0. The van der Waals surface area contributed by atoms with E-state index in [0.29, 0.717) is 36.2 Å². The van der Waals surface area contributed by atoms with Crippen molar-refractivity contribution in [2.45, 2.75) is 57.2 Å². The molecule has 0 bridgehead atoms. The highest BCUT2D eigenvalue weighted by atomic mass is 16.3. The maximum absolute atomic E-state index is 13.1. The van der Waals surface area contributed by atoms with Crippen molar-refractivity contribution in [3.63, 3.8) is 0 Å². The van der Waals surface area contributed by atoms with E-state index >= 15 is 0 Å². The summed E-state index contributed by atoms with van der Waals surface area (Å²) in [6.45, 7) is 3.00. The van der Waals surface area contributed by atoms with Gasteiger partial charge in [0.25, 0.3) is 11.8 Å². The number of nitrogens with zero attached hydrogens (tertiary/aromatic N) is 2. The fourth-order valence-electron chi connectivity index (χ4n) is 5.26. The van der Waals surface area contributed by atoms with Crippen LogP contribution in [0, 0.1) is 5.92 Å². The van der Waals surface area contributed by atoms with Crippen LogP contribution in [-0.2, 0) is 6.54 Å². The van der Waals surface area contributed by atoms with Gasteiger partial charge in [-0.05, 0) is 56.1 Å². The molecule has 1 aromatic rings. The van der Waals surface area contributed by atoms with Crippen LogP contribution in [0.4, 0.5) is 0 Å². The molecule has 1 saturated carbocycles. The van der Waals surface area contributed by atoms with E-state index < -0.39 is 0 Å². The first kappa shape index (κ1) is 19.4. The summed E-state index contributed by atoms with van der Waals surface area (Å²) in [6.07, 6.45) is 6.61. The van der Waals surface area contributed by atoms with E-state index in [1.54, 1.807) is 13.1 Å². The maximum Gasteiger partial charge on any atom is 0.255 e. The van der Waals surface area contributed by atoms with Gasteiger partial charge in [-0.1, -0.05) is 12.1 Å². The van der Waals surface area contributed by atoms with Crippen LogP contribution < -0.4 is 5.32 Å². The Labute approximate surface area is 166 Å². The van der Waals surface area contributed by atoms with Gasteiger partial charge >= 0.3 is 0 Å². The molecular weight excluding hydrogens is 354 g/mol. The minimum atomic E-state index is -0.194. The van der Waals surface area contributed by atoms with Crippen molar-refractivity contribution >= 4 is 11.8 Å². The summed E-state index contributed by atoms with van der Waals surface area (Å²) >= 11 is 0. The number of fused-ring (bicyclic) bond motifs is 1. The number of benzene rings is 1. The number of rotatable bonds is 4. The fourth-order valence-corrected chi connectivity index (χ4v) is 5.26. The van der Waals surface area contributed by atoms with Crippen molar-refractivity contribution in [1.29, 1.82) is 0 Å². The Morgan fingerprint density at radius 1 is 1.11 bits per heavy atom. The highest BCUT2D eigenvalue weighted by Crippen LogP contribution is 2.33. The molecular formula is C22H31N3O3. The smallest absolute Gasteiger partial charge is 0.255 e. The van der Waals surface area contributed by atoms with Crippen molar-refractivity contribution in [1.82, 2.24) is 15.1 Å². The van der Waals surface area contributed by atoms with Gasteiger partial charge in [-0.15, -0.1) is 0 Å². The molecule has 6 nitrogen and oxygen atoms in total. The topological polar surface area (TPSA) is 72.9 Å². The predicted molar refractivity (Wildman–Crippen MR) is 107 cm³/mol. The molecule has 0 spiro atoms. The normalized spacial score (nSPS) is 26.4. The molecule has 2 heterocycles. The number of amides is 2. The van der Waals surface area contributed by atoms with Gasteiger partial charge in [0, 0.05) is 45.4 Å². The highest BCUT2D eigenvalue weighted by molar-refractivity contribution is 6.09. The molecule has 2 fully saturated rings. The third kappa shape index (κ3) is 3.55. The van der Waals surface area contributed by atoms with E-state index in [1.807, 2.05) is 17.0 Å². The lowest BCUT2D eigenvalue weighted by molar-refractivity contribution is 0.0458. The van der Waals surface area contributed by atoms with E-state index in [1.165, 1.54) is 12.8 Å². The van der Waals surface area contributed by atoms with Crippen molar-refractivity contribution in [3.05, 3.63) is 34.9 Å². The number of hydrogen-bond acceptors (Lipinski definition) is 4. The minimum absolute atomic E-state index is 0.0103. The van der Waals surface area contributed by atoms with E-state index in [-0.39, 0.29) is 17.9 Å². The number of nitrogens with one attached hydrogen (secondary N) is 1. The Hall–Kier alpha value is -1.92. The first-order valence-corrected chi connectivity index (χ1v) is 10.6. The summed E-state index contributed by atoms with van der Waals surface area (Å²) in [6, 6.07) is 6.46. The van der Waals surface area contributed by atoms with Crippen molar-refractivity contribution in [2.75, 3.05) is 26.7 Å². The Bertz CT molecular complexity index is 735. The molecule has 3 aliphatic rings. The quantitative estimate of drug-likeness (QED) is 0.832. The summed E-state index contributed by atoms with van der Waals surface area (Å²) in [5.74, 6) is 0.306. The van der Waals surface area contributed by atoms with Crippen LogP contribution in [0.15, 0.2) is 18.2 Å². The van der Waals surface area contributed by atoms with Crippen LogP contribution >= 0.6 is 0 Å². The SMILES string of the molecule is CNC(=O)c1cccc2c1C(=O)N(C1CCN(C3CCC(CO)CC3)CC1)C2. The lowest BCUT2D eigenvalue weighted by atomic mass is 9.85. The van der Waals surface area contributed by atoms with Crippen molar-refractivity contribution in [2.24, 2.45) is 5.92 Å². The van der Waals surface area contributed by atoms with Gasteiger partial charge in [0.15, 0.2) is 0 Å². The largest absolute Gasteiger partial charge is 0.396 e. The average molecular weight is 386 g/mol. The zero-order valence-corrected chi connectivity index (χ0v) is 16.7. The Kier molecular flexibility index (Phi) is 5.69. The second-order valence-electron chi connectivity index (χ2n) is 8.48. The second-order valence-corrected chi connectivity index (χ2v) is 8.48. The van der Waals surface area contributed by atoms with Crippen LogP contribution in [0.25, 0.3) is 0 Å². The average Bonchev–Trinajstić information content (AvgIpc) is 3.10. The monoisotopic (exact) mass is 385 g/mol. The first-order chi connectivity index (χ1) is 13.6. The number of carbonyl (C=O) groups excluding carboxylic acids is 2. The number of piperidine rings is 1. The maximum atomic E-state index is 13.1. The van der Waals surface area contributed by atoms with E-state index in [0.717, 1.165) is 44.3 Å². The van der Waals surface area contributed by atoms with Gasteiger partial charge in [0.2, 0.25) is 0 Å². The molecule has 152 valence electrons. The molecule has 0 aromatic heterocycles. The van der Waals surface area contributed by atoms with Crippen molar-refractivity contribution in [3.8, 4) is 0 Å². The predicted octanol–water partition coefficient (Wildman–Crippen LogP) is 2.02. The fraction of sp³-hybridized carbons (Fsp3) is 0.636. The summed E-state index contributed by atoms with van der Waals surface area (Å²) in [7, 11) is 1.60. The van der Waals surface area contributed by atoms with E-state index in [2.05, 4.69) is 10.2 Å². The summed E-state index contributed by atoms with van der Waals surface area (Å²) in [4.78, 5) is 29.8. The van der Waals surface area contributed by atoms with Gasteiger partial charge in [-0.2, -0.15) is 0 Å². The number of likely N-dealkylation sites (tertiary alicyclic amines) is 1. The molecule has 0 unspecified atom stereocenters. The van der Waals surface area contributed by atoms with Crippen LogP contribution in [0.3, 0.4) is 0 Å². The van der Waals surface area contributed by atoms with Gasteiger partial charge in [0.05, 0.1) is 11.1 Å². The van der Waals surface area contributed by atoms with Gasteiger partial charge in [-0.25, -0.2) is 0 Å². The molecule has 0 radical (unpaired) electrons. The van der Waals surface area contributed by atoms with Crippen molar-refractivity contribution < 1.29 is 14.7 Å². The van der Waals surface area contributed by atoms with Crippen LogP contribution in [0.2, 0.25) is 0 Å². The zero-order valence-electron chi connectivity index (χ0n) is 16.7. The Morgan fingerprint density at radius 2 is 1.82 bits per heavy atom. The molecule has 28 heavy (non-hydrogen) atoms. The molecule has 1 aromatic carbocycles. The van der Waals surface area contributed by atoms with E-state index in [4.69, 9.17) is 0 Å². The first-order valence-electron chi connectivity index (χ1n) is 10.6. The second kappa shape index (κ2) is 8.21. The number of aliphatic hydroxyl groups is 1. The van der Waals surface area contributed by atoms with Crippen LogP contribution in [-0.4, -0.2) is 65.5 Å². The lowest BCUT2D eigenvalue weighted by Crippen LogP contribution is -2.49. The lowest BCUT2D eigenvalue weighted by Gasteiger charge is -2.42. The molecule has 4 rings (SSSR count). The van der Waals surface area contributed by atoms with Crippen LogP contribution in [0.5, 0.6) is 0 Å². The molecule has 6 heteroatoms. The Balaban J connectivity index is 1.38. The van der Waals surface area contributed by atoms with Gasteiger partial charge in [0.1, 0.15) is 0 Å². The number of carbonyl (C=O) groups is 2.